The minimum Gasteiger partial charge on any atom is -0.367 e. The smallest absolute Gasteiger partial charge is 0.367 e. The van der Waals surface area contributed by atoms with Crippen LogP contribution in [0.1, 0.15) is 11.3 Å². The van der Waals surface area contributed by atoms with Gasteiger partial charge in [0.25, 0.3) is 5.78 Å². The minimum atomic E-state index is -4.72. The molecular weight excluding hydrogens is 423 g/mol. The second kappa shape index (κ2) is 7.09. The molecule has 0 saturated carbocycles. The summed E-state index contributed by atoms with van der Waals surface area (Å²) >= 11 is 0. The third kappa shape index (κ3) is 3.77. The van der Waals surface area contributed by atoms with Gasteiger partial charge in [-0.05, 0) is 25.1 Å². The maximum Gasteiger partial charge on any atom is 0.418 e. The number of benzene rings is 1. The van der Waals surface area contributed by atoms with Crippen molar-refractivity contribution in [3.8, 4) is 0 Å². The lowest BCUT2D eigenvalue weighted by atomic mass is 10.1. The number of fused-ring (bicyclic) bond motifs is 1. The monoisotopic (exact) mass is 441 g/mol. The van der Waals surface area contributed by atoms with E-state index < -0.39 is 26.7 Å². The number of sulfonamides is 1. The molecule has 160 valence electrons. The first kappa shape index (κ1) is 20.3. The van der Waals surface area contributed by atoms with Crippen LogP contribution >= 0.6 is 0 Å². The highest BCUT2D eigenvalue weighted by Gasteiger charge is 2.36. The Morgan fingerprint density at radius 1 is 1.07 bits per heavy atom. The molecule has 9 nitrogen and oxygen atoms in total. The molecule has 0 aliphatic carbocycles. The van der Waals surface area contributed by atoms with E-state index in [1.807, 2.05) is 17.9 Å². The van der Waals surface area contributed by atoms with Crippen molar-refractivity contribution in [2.24, 2.45) is 5.14 Å². The van der Waals surface area contributed by atoms with Gasteiger partial charge in [0.15, 0.2) is 0 Å². The number of nitrogens with two attached hydrogens (primary N) is 1. The number of aromatic nitrogens is 4. The highest BCUT2D eigenvalue weighted by molar-refractivity contribution is 7.89. The van der Waals surface area contributed by atoms with E-state index in [9.17, 15) is 21.6 Å². The van der Waals surface area contributed by atoms with Crippen molar-refractivity contribution in [2.45, 2.75) is 18.0 Å². The second-order valence-electron chi connectivity index (χ2n) is 6.92. The molecule has 2 aromatic heterocycles. The van der Waals surface area contributed by atoms with E-state index in [1.165, 1.54) is 6.33 Å². The standard InChI is InChI=1S/C17H18F3N7O2S/c1-11-8-15(27-16(24-11)22-10-23-27)26-6-4-25(5-7-26)14-3-2-12(30(21,28)29)9-13(14)17(18,19)20/h2-3,8-10H,4-7H2,1H3,(H2,21,28,29). The first-order valence-electron chi connectivity index (χ1n) is 8.95. The summed E-state index contributed by atoms with van der Waals surface area (Å²) in [6.07, 6.45) is -3.33. The predicted octanol–water partition coefficient (Wildman–Crippen LogP) is 1.43. The number of nitrogens with zero attached hydrogens (tertiary/aromatic N) is 6. The van der Waals surface area contributed by atoms with Crippen LogP contribution in [-0.2, 0) is 16.2 Å². The maximum atomic E-state index is 13.6. The molecule has 0 atom stereocenters. The van der Waals surface area contributed by atoms with Gasteiger partial charge in [-0.15, -0.1) is 0 Å². The molecule has 1 aromatic carbocycles. The Balaban J connectivity index is 1.62. The zero-order chi connectivity index (χ0) is 21.7. The molecule has 2 N–H and O–H groups in total. The van der Waals surface area contributed by atoms with Crippen LogP contribution in [-0.4, -0.2) is 54.2 Å². The molecule has 0 unspecified atom stereocenters. The Hall–Kier alpha value is -2.93. The third-order valence-corrected chi connectivity index (χ3v) is 5.82. The highest BCUT2D eigenvalue weighted by atomic mass is 32.2. The quantitative estimate of drug-likeness (QED) is 0.655. The van der Waals surface area contributed by atoms with Crippen LogP contribution < -0.4 is 14.9 Å². The van der Waals surface area contributed by atoms with Crippen molar-refractivity contribution in [3.05, 3.63) is 41.9 Å². The van der Waals surface area contributed by atoms with Crippen molar-refractivity contribution in [2.75, 3.05) is 36.0 Å². The number of hydrogen-bond acceptors (Lipinski definition) is 7. The average molecular weight is 441 g/mol. The molecule has 0 radical (unpaired) electrons. The lowest BCUT2D eigenvalue weighted by Crippen LogP contribution is -2.47. The number of primary sulfonamides is 1. The largest absolute Gasteiger partial charge is 0.418 e. The van der Waals surface area contributed by atoms with Crippen molar-refractivity contribution >= 4 is 27.3 Å². The van der Waals surface area contributed by atoms with E-state index in [4.69, 9.17) is 5.14 Å². The summed E-state index contributed by atoms with van der Waals surface area (Å²) < 4.78 is 65.4. The van der Waals surface area contributed by atoms with Gasteiger partial charge in [0, 0.05) is 43.6 Å². The van der Waals surface area contributed by atoms with Gasteiger partial charge in [-0.3, -0.25) is 0 Å². The number of anilines is 2. The number of aryl methyl sites for hydroxylation is 1. The van der Waals surface area contributed by atoms with Crippen LogP contribution in [0.15, 0.2) is 35.5 Å². The lowest BCUT2D eigenvalue weighted by molar-refractivity contribution is -0.137. The Bertz CT molecular complexity index is 1200. The van der Waals surface area contributed by atoms with E-state index >= 15 is 0 Å². The fourth-order valence-corrected chi connectivity index (χ4v) is 4.05. The van der Waals surface area contributed by atoms with Crippen LogP contribution in [0.2, 0.25) is 0 Å². The van der Waals surface area contributed by atoms with Crippen molar-refractivity contribution in [3.63, 3.8) is 0 Å². The predicted molar refractivity (Wildman–Crippen MR) is 103 cm³/mol. The summed E-state index contributed by atoms with van der Waals surface area (Å²) in [5.74, 6) is 1.21. The molecule has 1 aliphatic heterocycles. The molecule has 3 aromatic rings. The van der Waals surface area contributed by atoms with E-state index in [2.05, 4.69) is 15.1 Å². The fraction of sp³-hybridized carbons (Fsp3) is 0.353. The van der Waals surface area contributed by atoms with Gasteiger partial charge < -0.3 is 9.80 Å². The zero-order valence-corrected chi connectivity index (χ0v) is 16.7. The summed E-state index contributed by atoms with van der Waals surface area (Å²) in [6.45, 7) is 3.31. The molecule has 1 aliphatic rings. The number of hydrogen-bond donors (Lipinski definition) is 1. The van der Waals surface area contributed by atoms with Gasteiger partial charge in [-0.1, -0.05) is 0 Å². The second-order valence-corrected chi connectivity index (χ2v) is 8.48. The molecule has 1 fully saturated rings. The molecule has 13 heteroatoms. The Morgan fingerprint density at radius 2 is 1.73 bits per heavy atom. The summed E-state index contributed by atoms with van der Waals surface area (Å²) in [5.41, 5.74) is -0.349. The van der Waals surface area contributed by atoms with E-state index in [-0.39, 0.29) is 5.69 Å². The lowest BCUT2D eigenvalue weighted by Gasteiger charge is -2.38. The zero-order valence-electron chi connectivity index (χ0n) is 15.8. The fourth-order valence-electron chi connectivity index (χ4n) is 3.51. The normalized spacial score (nSPS) is 15.8. The minimum absolute atomic E-state index is 0.0774. The van der Waals surface area contributed by atoms with Crippen LogP contribution in [0.3, 0.4) is 0 Å². The van der Waals surface area contributed by atoms with Crippen molar-refractivity contribution in [1.29, 1.82) is 0 Å². The van der Waals surface area contributed by atoms with E-state index in [1.54, 1.807) is 9.42 Å². The summed E-state index contributed by atoms with van der Waals surface area (Å²) in [5, 5.41) is 9.16. The molecule has 4 rings (SSSR count). The van der Waals surface area contributed by atoms with Gasteiger partial charge in [-0.25, -0.2) is 18.5 Å². The molecule has 0 bridgehead atoms. The van der Waals surface area contributed by atoms with Crippen molar-refractivity contribution < 1.29 is 21.6 Å². The first-order chi connectivity index (χ1) is 14.0. The average Bonchev–Trinajstić information content (AvgIpc) is 3.14. The van der Waals surface area contributed by atoms with E-state index in [0.717, 1.165) is 23.6 Å². The number of halogens is 3. The summed E-state index contributed by atoms with van der Waals surface area (Å²) in [7, 11) is -4.25. The summed E-state index contributed by atoms with van der Waals surface area (Å²) in [6, 6.07) is 4.68. The Labute approximate surface area is 170 Å². The van der Waals surface area contributed by atoms with Gasteiger partial charge in [0.05, 0.1) is 10.5 Å². The highest BCUT2D eigenvalue weighted by Crippen LogP contribution is 2.38. The van der Waals surface area contributed by atoms with Crippen LogP contribution in [0.5, 0.6) is 0 Å². The molecule has 1 saturated heterocycles. The molecule has 0 spiro atoms. The molecule has 30 heavy (non-hydrogen) atoms. The van der Waals surface area contributed by atoms with Gasteiger partial charge in [0.2, 0.25) is 10.0 Å². The van der Waals surface area contributed by atoms with Crippen LogP contribution in [0.25, 0.3) is 5.78 Å². The third-order valence-electron chi connectivity index (χ3n) is 4.91. The SMILES string of the molecule is Cc1cc(N2CCN(c3ccc(S(N)(=O)=O)cc3C(F)(F)F)CC2)n2ncnc2n1. The number of rotatable bonds is 3. The first-order valence-corrected chi connectivity index (χ1v) is 10.5. The van der Waals surface area contributed by atoms with Crippen LogP contribution in [0, 0.1) is 6.92 Å². The molecule has 0 amide bonds. The molecule has 3 heterocycles. The number of alkyl halides is 3. The van der Waals surface area contributed by atoms with Gasteiger partial charge in [0.1, 0.15) is 12.1 Å². The Morgan fingerprint density at radius 3 is 2.37 bits per heavy atom. The Kier molecular flexibility index (Phi) is 4.81. The summed E-state index contributed by atoms with van der Waals surface area (Å²) in [4.78, 5) is 11.4. The number of piperazine rings is 1. The molecular formula is C17H18F3N7O2S. The van der Waals surface area contributed by atoms with E-state index in [0.29, 0.717) is 38.0 Å². The maximum absolute atomic E-state index is 13.6. The van der Waals surface area contributed by atoms with Gasteiger partial charge >= 0.3 is 6.18 Å². The van der Waals surface area contributed by atoms with Gasteiger partial charge in [-0.2, -0.15) is 27.8 Å². The topological polar surface area (TPSA) is 110 Å². The van der Waals surface area contributed by atoms with Crippen molar-refractivity contribution in [1.82, 2.24) is 19.6 Å². The van der Waals surface area contributed by atoms with Crippen LogP contribution in [0.4, 0.5) is 24.7 Å².